The Morgan fingerprint density at radius 2 is 2.14 bits per heavy atom. The van der Waals surface area contributed by atoms with Gasteiger partial charge in [-0.15, -0.1) is 0 Å². The largest absolute Gasteiger partial charge is 0.469 e. The quantitative estimate of drug-likeness (QED) is 0.888. The predicted octanol–water partition coefficient (Wildman–Crippen LogP) is 0.621. The zero-order valence-electron chi connectivity index (χ0n) is 12.3. The summed E-state index contributed by atoms with van der Waals surface area (Å²) in [7, 11) is 0. The highest BCUT2D eigenvalue weighted by atomic mass is 16.5. The van der Waals surface area contributed by atoms with Crippen molar-refractivity contribution < 1.29 is 18.5 Å². The van der Waals surface area contributed by atoms with E-state index in [1.165, 1.54) is 6.26 Å². The molecule has 116 valence electrons. The van der Waals surface area contributed by atoms with Crippen LogP contribution in [0.1, 0.15) is 33.8 Å². The Kier molecular flexibility index (Phi) is 3.44. The maximum absolute atomic E-state index is 12.5. The molecule has 1 fully saturated rings. The van der Waals surface area contributed by atoms with Gasteiger partial charge in [0.1, 0.15) is 5.76 Å². The molecule has 1 aliphatic heterocycles. The van der Waals surface area contributed by atoms with Gasteiger partial charge in [-0.25, -0.2) is 0 Å². The fourth-order valence-corrected chi connectivity index (χ4v) is 2.75. The molecule has 0 radical (unpaired) electrons. The van der Waals surface area contributed by atoms with Gasteiger partial charge in [-0.2, -0.15) is 4.98 Å². The number of carbonyl (C=O) groups excluding carboxylic acids is 2. The first-order chi connectivity index (χ1) is 10.5. The topological polar surface area (TPSA) is 115 Å². The smallest absolute Gasteiger partial charge is 0.257 e. The second-order valence-corrected chi connectivity index (χ2v) is 5.40. The lowest BCUT2D eigenvalue weighted by Crippen LogP contribution is -2.32. The van der Waals surface area contributed by atoms with Crippen molar-refractivity contribution in [1.29, 1.82) is 0 Å². The molecule has 0 unspecified atom stereocenters. The lowest BCUT2D eigenvalue weighted by Gasteiger charge is -2.15. The van der Waals surface area contributed by atoms with Crippen LogP contribution in [0.5, 0.6) is 0 Å². The fourth-order valence-electron chi connectivity index (χ4n) is 2.75. The lowest BCUT2D eigenvalue weighted by atomic mass is 9.95. The SMILES string of the molecule is Cc1noc([C@@H]2CN(C(=O)c3ccoc3C)C[C@H]2C(N)=O)n1. The van der Waals surface area contributed by atoms with Crippen molar-refractivity contribution in [2.24, 2.45) is 11.7 Å². The van der Waals surface area contributed by atoms with Gasteiger partial charge in [0.25, 0.3) is 5.91 Å². The van der Waals surface area contributed by atoms with Crippen molar-refractivity contribution in [2.45, 2.75) is 19.8 Å². The Balaban J connectivity index is 1.86. The van der Waals surface area contributed by atoms with Gasteiger partial charge in [-0.1, -0.05) is 5.16 Å². The van der Waals surface area contributed by atoms with E-state index in [1.54, 1.807) is 24.8 Å². The van der Waals surface area contributed by atoms with Gasteiger partial charge in [0, 0.05) is 13.1 Å². The van der Waals surface area contributed by atoms with Crippen molar-refractivity contribution in [1.82, 2.24) is 15.0 Å². The van der Waals surface area contributed by atoms with Gasteiger partial charge in [0.2, 0.25) is 11.8 Å². The first kappa shape index (κ1) is 14.3. The summed E-state index contributed by atoms with van der Waals surface area (Å²) in [6.45, 7) is 3.94. The number of aryl methyl sites for hydroxylation is 2. The highest BCUT2D eigenvalue weighted by molar-refractivity contribution is 5.96. The average Bonchev–Trinajstić information content (AvgIpc) is 3.16. The van der Waals surface area contributed by atoms with Gasteiger partial charge < -0.3 is 19.6 Å². The van der Waals surface area contributed by atoms with Crippen LogP contribution in [-0.2, 0) is 4.79 Å². The first-order valence-corrected chi connectivity index (χ1v) is 6.90. The summed E-state index contributed by atoms with van der Waals surface area (Å²) in [4.78, 5) is 29.9. The highest BCUT2D eigenvalue weighted by Gasteiger charge is 2.42. The molecule has 2 N–H and O–H groups in total. The van der Waals surface area contributed by atoms with E-state index < -0.39 is 11.8 Å². The monoisotopic (exact) mass is 304 g/mol. The van der Waals surface area contributed by atoms with Crippen molar-refractivity contribution >= 4 is 11.8 Å². The Hall–Kier alpha value is -2.64. The number of likely N-dealkylation sites (tertiary alicyclic amines) is 1. The van der Waals surface area contributed by atoms with E-state index in [0.717, 1.165) is 0 Å². The van der Waals surface area contributed by atoms with E-state index in [4.69, 9.17) is 14.7 Å². The molecular formula is C14H16N4O4. The van der Waals surface area contributed by atoms with E-state index in [-0.39, 0.29) is 18.4 Å². The van der Waals surface area contributed by atoms with Gasteiger partial charge in [0.05, 0.1) is 23.7 Å². The van der Waals surface area contributed by atoms with Crippen LogP contribution in [0, 0.1) is 19.8 Å². The van der Waals surface area contributed by atoms with E-state index in [1.807, 2.05) is 0 Å². The molecule has 1 aliphatic rings. The van der Waals surface area contributed by atoms with Crippen molar-refractivity contribution in [3.63, 3.8) is 0 Å². The summed E-state index contributed by atoms with van der Waals surface area (Å²) < 4.78 is 10.3. The molecule has 1 saturated heterocycles. The number of hydrogen-bond donors (Lipinski definition) is 1. The number of carbonyl (C=O) groups is 2. The molecule has 2 aromatic heterocycles. The van der Waals surface area contributed by atoms with Crippen LogP contribution in [0.3, 0.4) is 0 Å². The van der Waals surface area contributed by atoms with Crippen molar-refractivity contribution in [3.8, 4) is 0 Å². The summed E-state index contributed by atoms with van der Waals surface area (Å²) >= 11 is 0. The molecule has 0 spiro atoms. The summed E-state index contributed by atoms with van der Waals surface area (Å²) in [5.41, 5.74) is 5.94. The highest BCUT2D eigenvalue weighted by Crippen LogP contribution is 2.32. The number of hydrogen-bond acceptors (Lipinski definition) is 6. The average molecular weight is 304 g/mol. The standard InChI is InChI=1S/C14H16N4O4/c1-7-9(3-4-21-7)14(20)18-5-10(12(15)19)11(6-18)13-16-8(2)17-22-13/h3-4,10-11H,5-6H2,1-2H3,(H2,15,19)/t10-,11-/m1/s1. The van der Waals surface area contributed by atoms with Gasteiger partial charge >= 0.3 is 0 Å². The van der Waals surface area contributed by atoms with Crippen LogP contribution in [0.25, 0.3) is 0 Å². The number of primary amides is 1. The minimum Gasteiger partial charge on any atom is -0.469 e. The normalized spacial score (nSPS) is 21.3. The molecule has 2 atom stereocenters. The van der Waals surface area contributed by atoms with Crippen molar-refractivity contribution in [2.75, 3.05) is 13.1 Å². The zero-order valence-corrected chi connectivity index (χ0v) is 12.3. The zero-order chi connectivity index (χ0) is 15.9. The van der Waals surface area contributed by atoms with Gasteiger partial charge in [0.15, 0.2) is 5.82 Å². The number of rotatable bonds is 3. The van der Waals surface area contributed by atoms with Crippen LogP contribution in [0.4, 0.5) is 0 Å². The minimum absolute atomic E-state index is 0.198. The lowest BCUT2D eigenvalue weighted by molar-refractivity contribution is -0.121. The van der Waals surface area contributed by atoms with Gasteiger partial charge in [-0.05, 0) is 19.9 Å². The molecule has 0 saturated carbocycles. The minimum atomic E-state index is -0.545. The maximum atomic E-state index is 12.5. The predicted molar refractivity (Wildman–Crippen MR) is 73.8 cm³/mol. The molecule has 2 amide bonds. The van der Waals surface area contributed by atoms with Gasteiger partial charge in [-0.3, -0.25) is 9.59 Å². The number of furan rings is 1. The number of nitrogens with zero attached hydrogens (tertiary/aromatic N) is 3. The summed E-state index contributed by atoms with van der Waals surface area (Å²) in [6, 6.07) is 1.61. The molecule has 22 heavy (non-hydrogen) atoms. The van der Waals surface area contributed by atoms with E-state index >= 15 is 0 Å². The summed E-state index contributed by atoms with van der Waals surface area (Å²) in [5, 5.41) is 3.73. The third-order valence-corrected chi connectivity index (χ3v) is 3.92. The van der Waals surface area contributed by atoms with Crippen molar-refractivity contribution in [3.05, 3.63) is 35.4 Å². The fraction of sp³-hybridized carbons (Fsp3) is 0.429. The molecule has 3 rings (SSSR count). The third-order valence-electron chi connectivity index (χ3n) is 3.92. The van der Waals surface area contributed by atoms with Crippen LogP contribution >= 0.6 is 0 Å². The Labute approximate surface area is 126 Å². The van der Waals surface area contributed by atoms with E-state index in [2.05, 4.69) is 10.1 Å². The van der Waals surface area contributed by atoms with Crippen LogP contribution in [0.2, 0.25) is 0 Å². The molecule has 0 aromatic carbocycles. The van der Waals surface area contributed by atoms with Crippen LogP contribution in [0.15, 0.2) is 21.3 Å². The molecule has 8 heteroatoms. The molecule has 3 heterocycles. The van der Waals surface area contributed by atoms with E-state index in [9.17, 15) is 9.59 Å². The maximum Gasteiger partial charge on any atom is 0.257 e. The molecular weight excluding hydrogens is 288 g/mol. The Morgan fingerprint density at radius 1 is 1.36 bits per heavy atom. The summed E-state index contributed by atoms with van der Waals surface area (Å²) in [6.07, 6.45) is 1.46. The number of aromatic nitrogens is 2. The van der Waals surface area contributed by atoms with Crippen LogP contribution in [-0.4, -0.2) is 39.9 Å². The number of nitrogens with two attached hydrogens (primary N) is 1. The Morgan fingerprint density at radius 3 is 2.68 bits per heavy atom. The van der Waals surface area contributed by atoms with E-state index in [0.29, 0.717) is 29.6 Å². The number of amides is 2. The Bertz CT molecular complexity index is 720. The second kappa shape index (κ2) is 5.28. The molecule has 0 aliphatic carbocycles. The molecule has 8 nitrogen and oxygen atoms in total. The summed E-state index contributed by atoms with van der Waals surface area (Å²) in [5.74, 6) is -0.255. The molecule has 2 aromatic rings. The van der Waals surface area contributed by atoms with Crippen LogP contribution < -0.4 is 5.73 Å². The first-order valence-electron chi connectivity index (χ1n) is 6.90. The molecule has 0 bridgehead atoms. The third kappa shape index (κ3) is 2.36. The second-order valence-electron chi connectivity index (χ2n) is 5.40.